The molecule has 224 valence electrons. The van der Waals surface area contributed by atoms with Crippen LogP contribution >= 0.6 is 11.3 Å². The van der Waals surface area contributed by atoms with Crippen molar-refractivity contribution in [2.75, 3.05) is 4.90 Å². The van der Waals surface area contributed by atoms with Gasteiger partial charge in [0.15, 0.2) is 0 Å². The lowest BCUT2D eigenvalue weighted by Crippen LogP contribution is -2.09. The number of alkyl halides is 3. The molecule has 0 radical (unpaired) electrons. The fourth-order valence-electron chi connectivity index (χ4n) is 5.35. The van der Waals surface area contributed by atoms with Crippen LogP contribution in [0.25, 0.3) is 43.5 Å². The number of benzene rings is 4. The van der Waals surface area contributed by atoms with Crippen molar-refractivity contribution in [3.63, 3.8) is 0 Å². The summed E-state index contributed by atoms with van der Waals surface area (Å²) in [5.74, 6) is 0. The largest absolute Gasteiger partial charge is 0.416 e. The number of hydrogen-bond donors (Lipinski definition) is 0. The van der Waals surface area contributed by atoms with Crippen molar-refractivity contribution >= 4 is 28.4 Å². The van der Waals surface area contributed by atoms with Crippen molar-refractivity contribution in [3.8, 4) is 43.5 Å². The second kappa shape index (κ2) is 12.5. The Morgan fingerprint density at radius 3 is 1.72 bits per heavy atom. The van der Waals surface area contributed by atoms with E-state index < -0.39 is 11.7 Å². The van der Waals surface area contributed by atoms with E-state index in [0.29, 0.717) is 22.6 Å². The predicted octanol–water partition coefficient (Wildman–Crippen LogP) is 11.7. The molecular weight excluding hydrogens is 600 g/mol. The van der Waals surface area contributed by atoms with E-state index in [4.69, 9.17) is 4.98 Å². The molecule has 46 heavy (non-hydrogen) atoms. The summed E-state index contributed by atoms with van der Waals surface area (Å²) in [7, 11) is 0. The maximum absolute atomic E-state index is 13.5. The van der Waals surface area contributed by atoms with Gasteiger partial charge in [-0.2, -0.15) is 13.2 Å². The maximum Gasteiger partial charge on any atom is 0.416 e. The van der Waals surface area contributed by atoms with E-state index in [2.05, 4.69) is 64.5 Å². The zero-order chi connectivity index (χ0) is 31.5. The Balaban J connectivity index is 1.25. The minimum absolute atomic E-state index is 0.391. The van der Waals surface area contributed by atoms with Crippen LogP contribution in [-0.4, -0.2) is 9.97 Å². The smallest absolute Gasteiger partial charge is 0.311 e. The molecule has 4 aromatic carbocycles. The average Bonchev–Trinajstić information content (AvgIpc) is 3.60. The Labute approximate surface area is 268 Å². The van der Waals surface area contributed by atoms with Gasteiger partial charge in [0.2, 0.25) is 0 Å². The first kappa shape index (κ1) is 29.2. The molecule has 0 atom stereocenters. The first-order valence-electron chi connectivity index (χ1n) is 14.6. The van der Waals surface area contributed by atoms with Gasteiger partial charge in [-0.1, -0.05) is 66.7 Å². The van der Waals surface area contributed by atoms with Gasteiger partial charge in [0.25, 0.3) is 0 Å². The molecule has 0 aliphatic rings. The van der Waals surface area contributed by atoms with E-state index in [1.807, 2.05) is 72.8 Å². The Hall–Kier alpha value is -5.53. The van der Waals surface area contributed by atoms with Gasteiger partial charge in [0.05, 0.1) is 22.6 Å². The van der Waals surface area contributed by atoms with Crippen LogP contribution in [0.2, 0.25) is 0 Å². The third kappa shape index (κ3) is 6.18. The molecule has 7 aromatic rings. The Kier molecular flexibility index (Phi) is 7.91. The van der Waals surface area contributed by atoms with Crippen LogP contribution < -0.4 is 4.90 Å². The van der Waals surface area contributed by atoms with Crippen LogP contribution in [0.5, 0.6) is 0 Å². The first-order chi connectivity index (χ1) is 22.4. The van der Waals surface area contributed by atoms with Gasteiger partial charge < -0.3 is 4.90 Å². The molecule has 3 heterocycles. The summed E-state index contributed by atoms with van der Waals surface area (Å²) in [5, 5.41) is 0. The van der Waals surface area contributed by atoms with Crippen molar-refractivity contribution in [1.82, 2.24) is 9.97 Å². The summed E-state index contributed by atoms with van der Waals surface area (Å²) in [5.41, 5.74) is 6.46. The van der Waals surface area contributed by atoms with Crippen molar-refractivity contribution in [3.05, 3.63) is 163 Å². The second-order valence-corrected chi connectivity index (χ2v) is 11.7. The third-order valence-corrected chi connectivity index (χ3v) is 8.75. The standard InChI is InChI=1S/C39H26F3N3S/c40-39(41,42)30-11-9-10-28(24-30)35-25-29(26-36(44-35)34-16-7-8-23-43-34)38-22-21-37(46-38)27-17-19-33(20-18-27)45(31-12-3-1-4-13-31)32-14-5-2-6-15-32/h1-26H. The second-order valence-electron chi connectivity index (χ2n) is 10.6. The van der Waals surface area contributed by atoms with Gasteiger partial charge in [0, 0.05) is 38.6 Å². The van der Waals surface area contributed by atoms with Gasteiger partial charge in [-0.25, -0.2) is 4.98 Å². The van der Waals surface area contributed by atoms with Crippen LogP contribution in [0.3, 0.4) is 0 Å². The SMILES string of the molecule is FC(F)(F)c1cccc(-c2cc(-c3ccc(-c4ccc(N(c5ccccc5)c5ccccc5)cc4)s3)cc(-c3ccccn3)n2)c1. The highest BCUT2D eigenvalue weighted by Crippen LogP contribution is 2.40. The lowest BCUT2D eigenvalue weighted by Gasteiger charge is -2.25. The number of nitrogens with zero attached hydrogens (tertiary/aromatic N) is 3. The zero-order valence-corrected chi connectivity index (χ0v) is 25.2. The van der Waals surface area contributed by atoms with Crippen LogP contribution in [0.1, 0.15) is 5.56 Å². The van der Waals surface area contributed by atoms with Crippen LogP contribution in [0.4, 0.5) is 30.2 Å². The first-order valence-corrected chi connectivity index (χ1v) is 15.5. The van der Waals surface area contributed by atoms with Crippen LogP contribution in [0, 0.1) is 0 Å². The van der Waals surface area contributed by atoms with Crippen molar-refractivity contribution < 1.29 is 13.2 Å². The van der Waals surface area contributed by atoms with Gasteiger partial charge >= 0.3 is 6.18 Å². The lowest BCUT2D eigenvalue weighted by atomic mass is 10.0. The van der Waals surface area contributed by atoms with Crippen molar-refractivity contribution in [2.45, 2.75) is 6.18 Å². The average molecular weight is 626 g/mol. The molecule has 7 rings (SSSR count). The minimum Gasteiger partial charge on any atom is -0.311 e. The number of rotatable bonds is 7. The topological polar surface area (TPSA) is 29.0 Å². The molecule has 0 spiro atoms. The molecule has 0 aliphatic carbocycles. The highest BCUT2D eigenvalue weighted by atomic mass is 32.1. The fraction of sp³-hybridized carbons (Fsp3) is 0.0256. The number of halogens is 3. The molecule has 7 heteroatoms. The summed E-state index contributed by atoms with van der Waals surface area (Å²) in [6, 6.07) is 47.7. The summed E-state index contributed by atoms with van der Waals surface area (Å²) in [6.07, 6.45) is -2.77. The molecule has 0 saturated heterocycles. The summed E-state index contributed by atoms with van der Waals surface area (Å²) >= 11 is 1.62. The van der Waals surface area contributed by atoms with E-state index in [1.54, 1.807) is 23.6 Å². The van der Waals surface area contributed by atoms with E-state index >= 15 is 0 Å². The Bertz CT molecular complexity index is 2040. The number of aromatic nitrogens is 2. The van der Waals surface area contributed by atoms with Crippen LogP contribution in [-0.2, 0) is 6.18 Å². The van der Waals surface area contributed by atoms with E-state index in [1.165, 1.54) is 6.07 Å². The summed E-state index contributed by atoms with van der Waals surface area (Å²) < 4.78 is 40.6. The molecule has 0 N–H and O–H groups in total. The van der Waals surface area contributed by atoms with Crippen molar-refractivity contribution in [1.29, 1.82) is 0 Å². The van der Waals surface area contributed by atoms with Gasteiger partial charge in [-0.05, 0) is 96.1 Å². The predicted molar refractivity (Wildman–Crippen MR) is 181 cm³/mol. The number of hydrogen-bond acceptors (Lipinski definition) is 4. The molecule has 0 bridgehead atoms. The highest BCUT2D eigenvalue weighted by Gasteiger charge is 2.30. The molecule has 0 aliphatic heterocycles. The van der Waals surface area contributed by atoms with Gasteiger partial charge in [-0.3, -0.25) is 4.98 Å². The normalized spacial score (nSPS) is 11.4. The Morgan fingerprint density at radius 2 is 1.09 bits per heavy atom. The lowest BCUT2D eigenvalue weighted by molar-refractivity contribution is -0.137. The summed E-state index contributed by atoms with van der Waals surface area (Å²) in [4.78, 5) is 13.4. The molecule has 0 saturated carbocycles. The molecule has 3 aromatic heterocycles. The number of anilines is 3. The van der Waals surface area contributed by atoms with Gasteiger partial charge in [-0.15, -0.1) is 11.3 Å². The molecular formula is C39H26F3N3S. The quantitative estimate of drug-likeness (QED) is 0.176. The monoisotopic (exact) mass is 625 g/mol. The van der Waals surface area contributed by atoms with E-state index in [9.17, 15) is 13.2 Å². The van der Waals surface area contributed by atoms with Crippen LogP contribution in [0.15, 0.2) is 158 Å². The molecule has 3 nitrogen and oxygen atoms in total. The van der Waals surface area contributed by atoms with E-state index in [-0.39, 0.29) is 0 Å². The number of thiophene rings is 1. The number of para-hydroxylation sites is 2. The molecule has 0 unspecified atom stereocenters. The number of pyridine rings is 2. The molecule has 0 amide bonds. The zero-order valence-electron chi connectivity index (χ0n) is 24.4. The Morgan fingerprint density at radius 1 is 0.478 bits per heavy atom. The third-order valence-electron chi connectivity index (χ3n) is 7.57. The van der Waals surface area contributed by atoms with E-state index in [0.717, 1.165) is 50.1 Å². The maximum atomic E-state index is 13.5. The highest BCUT2D eigenvalue weighted by molar-refractivity contribution is 7.18. The molecule has 0 fully saturated rings. The van der Waals surface area contributed by atoms with Crippen molar-refractivity contribution in [2.24, 2.45) is 0 Å². The fourth-order valence-corrected chi connectivity index (χ4v) is 6.34. The summed E-state index contributed by atoms with van der Waals surface area (Å²) in [6.45, 7) is 0. The minimum atomic E-state index is -4.45. The van der Waals surface area contributed by atoms with Gasteiger partial charge in [0.1, 0.15) is 0 Å².